The van der Waals surface area contributed by atoms with Crippen LogP contribution in [0.2, 0.25) is 0 Å². The average molecular weight is 260 g/mol. The maximum atomic E-state index is 12.7. The molecule has 0 aromatic heterocycles. The molecule has 92 valence electrons. The van der Waals surface area contributed by atoms with Crippen LogP contribution < -0.4 is 10.6 Å². The molecule has 0 unspecified atom stereocenters. The molecule has 0 aliphatic carbocycles. The van der Waals surface area contributed by atoms with E-state index < -0.39 is 0 Å². The number of hydrogen-bond donors (Lipinski definition) is 2. The van der Waals surface area contributed by atoms with Gasteiger partial charge in [0.15, 0.2) is 5.11 Å². The molecule has 2 aromatic carbocycles. The van der Waals surface area contributed by atoms with Gasteiger partial charge >= 0.3 is 0 Å². The Bertz CT molecular complexity index is 552. The average Bonchev–Trinajstić information content (AvgIpc) is 2.32. The summed E-state index contributed by atoms with van der Waals surface area (Å²) in [4.78, 5) is 0. The fraction of sp³-hybridized carbons (Fsp3) is 0.0714. The van der Waals surface area contributed by atoms with Crippen molar-refractivity contribution in [3.05, 3.63) is 59.9 Å². The lowest BCUT2D eigenvalue weighted by Gasteiger charge is -2.10. The minimum absolute atomic E-state index is 0.266. The first-order chi connectivity index (χ1) is 8.63. The summed E-state index contributed by atoms with van der Waals surface area (Å²) in [5.41, 5.74) is 2.83. The Kier molecular flexibility index (Phi) is 3.89. The van der Waals surface area contributed by atoms with Crippen molar-refractivity contribution in [3.63, 3.8) is 0 Å². The number of benzene rings is 2. The lowest BCUT2D eigenvalue weighted by molar-refractivity contribution is 0.628. The molecule has 0 amide bonds. The predicted molar refractivity (Wildman–Crippen MR) is 77.4 cm³/mol. The van der Waals surface area contributed by atoms with Gasteiger partial charge in [-0.25, -0.2) is 4.39 Å². The molecule has 2 nitrogen and oxygen atoms in total. The number of thiocarbonyl (C=S) groups is 1. The third-order valence-electron chi connectivity index (χ3n) is 2.38. The highest BCUT2D eigenvalue weighted by Crippen LogP contribution is 2.12. The zero-order chi connectivity index (χ0) is 13.0. The van der Waals surface area contributed by atoms with Gasteiger partial charge in [-0.2, -0.15) is 0 Å². The molecule has 2 N–H and O–H groups in total. The molecule has 2 aromatic rings. The summed E-state index contributed by atoms with van der Waals surface area (Å²) >= 11 is 5.18. The van der Waals surface area contributed by atoms with E-state index in [2.05, 4.69) is 10.6 Å². The van der Waals surface area contributed by atoms with E-state index in [0.717, 1.165) is 16.9 Å². The van der Waals surface area contributed by atoms with E-state index in [-0.39, 0.29) is 5.82 Å². The molecule has 4 heteroatoms. The van der Waals surface area contributed by atoms with Crippen LogP contribution in [0.15, 0.2) is 48.5 Å². The van der Waals surface area contributed by atoms with Crippen LogP contribution in [0.25, 0.3) is 0 Å². The normalized spacial score (nSPS) is 9.89. The van der Waals surface area contributed by atoms with Crippen molar-refractivity contribution in [2.75, 3.05) is 10.6 Å². The second-order valence-electron chi connectivity index (χ2n) is 3.96. The topological polar surface area (TPSA) is 24.1 Å². The summed E-state index contributed by atoms with van der Waals surface area (Å²) < 4.78 is 12.7. The molecule has 0 atom stereocenters. The van der Waals surface area contributed by atoms with E-state index >= 15 is 0 Å². The molecule has 18 heavy (non-hydrogen) atoms. The molecular weight excluding hydrogens is 247 g/mol. The summed E-state index contributed by atoms with van der Waals surface area (Å²) in [5, 5.41) is 6.54. The molecule has 0 bridgehead atoms. The summed E-state index contributed by atoms with van der Waals surface area (Å²) in [6.07, 6.45) is 0. The van der Waals surface area contributed by atoms with Crippen molar-refractivity contribution < 1.29 is 4.39 Å². The predicted octanol–water partition coefficient (Wildman–Crippen LogP) is 3.94. The van der Waals surface area contributed by atoms with E-state index in [1.807, 2.05) is 31.2 Å². The molecule has 0 aliphatic rings. The van der Waals surface area contributed by atoms with Gasteiger partial charge in [0.2, 0.25) is 0 Å². The molecule has 0 aliphatic heterocycles. The Morgan fingerprint density at radius 3 is 2.33 bits per heavy atom. The number of nitrogens with one attached hydrogen (secondary N) is 2. The Hall–Kier alpha value is -1.94. The van der Waals surface area contributed by atoms with Gasteiger partial charge in [-0.15, -0.1) is 0 Å². The number of rotatable bonds is 2. The van der Waals surface area contributed by atoms with Crippen LogP contribution in [0.1, 0.15) is 5.56 Å². The first-order valence-corrected chi connectivity index (χ1v) is 5.94. The van der Waals surface area contributed by atoms with Gasteiger partial charge in [0, 0.05) is 11.4 Å². The highest BCUT2D eigenvalue weighted by molar-refractivity contribution is 7.80. The number of aryl methyl sites for hydroxylation is 1. The van der Waals surface area contributed by atoms with Crippen molar-refractivity contribution in [2.24, 2.45) is 0 Å². The Balaban J connectivity index is 1.98. The summed E-state index contributed by atoms with van der Waals surface area (Å²) in [7, 11) is 0. The third-order valence-corrected chi connectivity index (χ3v) is 2.58. The highest BCUT2D eigenvalue weighted by atomic mass is 32.1. The van der Waals surface area contributed by atoms with Gasteiger partial charge in [-0.05, 0) is 61.1 Å². The first-order valence-electron chi connectivity index (χ1n) is 5.54. The molecule has 2 rings (SSSR count). The van der Waals surface area contributed by atoms with Crippen molar-refractivity contribution in [3.8, 4) is 0 Å². The van der Waals surface area contributed by atoms with Crippen LogP contribution in [0, 0.1) is 12.7 Å². The fourth-order valence-corrected chi connectivity index (χ4v) is 1.79. The van der Waals surface area contributed by atoms with Crippen LogP contribution >= 0.6 is 12.2 Å². The zero-order valence-electron chi connectivity index (χ0n) is 9.91. The van der Waals surface area contributed by atoms with Gasteiger partial charge in [-0.1, -0.05) is 12.1 Å². The Morgan fingerprint density at radius 2 is 1.67 bits per heavy atom. The van der Waals surface area contributed by atoms with Gasteiger partial charge < -0.3 is 10.6 Å². The van der Waals surface area contributed by atoms with E-state index in [1.54, 1.807) is 12.1 Å². The van der Waals surface area contributed by atoms with Crippen LogP contribution in [0.4, 0.5) is 15.8 Å². The second kappa shape index (κ2) is 5.60. The van der Waals surface area contributed by atoms with E-state index in [4.69, 9.17) is 12.2 Å². The smallest absolute Gasteiger partial charge is 0.175 e. The van der Waals surface area contributed by atoms with E-state index in [9.17, 15) is 4.39 Å². The third kappa shape index (κ3) is 3.53. The second-order valence-corrected chi connectivity index (χ2v) is 4.36. The SMILES string of the molecule is Cc1cccc(NC(=S)Nc2ccc(F)cc2)c1. The molecule has 0 spiro atoms. The Morgan fingerprint density at radius 1 is 1.00 bits per heavy atom. The zero-order valence-corrected chi connectivity index (χ0v) is 10.7. The number of hydrogen-bond acceptors (Lipinski definition) is 1. The lowest BCUT2D eigenvalue weighted by atomic mass is 10.2. The maximum absolute atomic E-state index is 12.7. The van der Waals surface area contributed by atoms with Crippen molar-refractivity contribution in [1.82, 2.24) is 0 Å². The molecule has 0 fully saturated rings. The fourth-order valence-electron chi connectivity index (χ4n) is 1.55. The molecular formula is C14H13FN2S. The molecule has 0 radical (unpaired) electrons. The van der Waals surface area contributed by atoms with E-state index in [0.29, 0.717) is 5.11 Å². The van der Waals surface area contributed by atoms with Crippen molar-refractivity contribution >= 4 is 28.7 Å². The van der Waals surface area contributed by atoms with Crippen LogP contribution in [0.5, 0.6) is 0 Å². The maximum Gasteiger partial charge on any atom is 0.175 e. The Labute approximate surface area is 111 Å². The van der Waals surface area contributed by atoms with Crippen LogP contribution in [-0.4, -0.2) is 5.11 Å². The summed E-state index contributed by atoms with van der Waals surface area (Å²) in [5.74, 6) is -0.266. The van der Waals surface area contributed by atoms with Gasteiger partial charge in [0.05, 0.1) is 0 Å². The van der Waals surface area contributed by atoms with Gasteiger partial charge in [0.1, 0.15) is 5.82 Å². The minimum atomic E-state index is -0.266. The van der Waals surface area contributed by atoms with E-state index in [1.165, 1.54) is 12.1 Å². The van der Waals surface area contributed by atoms with Crippen LogP contribution in [-0.2, 0) is 0 Å². The largest absolute Gasteiger partial charge is 0.332 e. The molecule has 0 saturated carbocycles. The minimum Gasteiger partial charge on any atom is -0.332 e. The monoisotopic (exact) mass is 260 g/mol. The number of halogens is 1. The summed E-state index contributed by atoms with van der Waals surface area (Å²) in [6.45, 7) is 2.02. The number of anilines is 2. The lowest BCUT2D eigenvalue weighted by Crippen LogP contribution is -2.18. The standard InChI is InChI=1S/C14H13FN2S/c1-10-3-2-4-13(9-10)17-14(18)16-12-7-5-11(15)6-8-12/h2-9H,1H3,(H2,16,17,18). The van der Waals surface area contributed by atoms with Gasteiger partial charge in [-0.3, -0.25) is 0 Å². The summed E-state index contributed by atoms with van der Waals surface area (Å²) in [6, 6.07) is 14.0. The molecule has 0 saturated heterocycles. The van der Waals surface area contributed by atoms with Gasteiger partial charge in [0.25, 0.3) is 0 Å². The molecule has 0 heterocycles. The van der Waals surface area contributed by atoms with Crippen LogP contribution in [0.3, 0.4) is 0 Å². The highest BCUT2D eigenvalue weighted by Gasteiger charge is 1.99. The first kappa shape index (κ1) is 12.5. The quantitative estimate of drug-likeness (QED) is 0.800. The van der Waals surface area contributed by atoms with Crippen molar-refractivity contribution in [1.29, 1.82) is 0 Å². The van der Waals surface area contributed by atoms with Crippen molar-refractivity contribution in [2.45, 2.75) is 6.92 Å².